The number of pyridine rings is 1. The predicted molar refractivity (Wildman–Crippen MR) is 74.7 cm³/mol. The number of carbonyl (C=O) groups is 1. The number of aromatic nitrogens is 1. The molecule has 120 valence electrons. The molecule has 4 rings (SSSR count). The highest BCUT2D eigenvalue weighted by molar-refractivity contribution is 5.82. The van der Waals surface area contributed by atoms with Crippen molar-refractivity contribution in [3.05, 3.63) is 29.6 Å². The van der Waals surface area contributed by atoms with Gasteiger partial charge in [0.25, 0.3) is 0 Å². The Bertz CT molecular complexity index is 532. The van der Waals surface area contributed by atoms with Gasteiger partial charge in [0.15, 0.2) is 0 Å². The standard InChI is InChI=1S/C16H19F3N2O/c17-16(18,19)12-1-2-13(20-9-12)10-21-14(22)15-6-3-11(4-7-15)5-8-15/h1-2,9,11H,3-8,10H2,(H,21,22). The summed E-state index contributed by atoms with van der Waals surface area (Å²) in [6.45, 7) is 0.183. The zero-order valence-electron chi connectivity index (χ0n) is 12.2. The van der Waals surface area contributed by atoms with Crippen molar-refractivity contribution in [2.45, 2.75) is 51.2 Å². The first-order valence-electron chi connectivity index (χ1n) is 7.69. The Hall–Kier alpha value is -1.59. The zero-order valence-corrected chi connectivity index (χ0v) is 12.2. The van der Waals surface area contributed by atoms with Crippen LogP contribution in [0, 0.1) is 11.3 Å². The number of alkyl halides is 3. The lowest BCUT2D eigenvalue weighted by Crippen LogP contribution is -2.46. The van der Waals surface area contributed by atoms with Crippen LogP contribution in [0.3, 0.4) is 0 Å². The largest absolute Gasteiger partial charge is 0.417 e. The summed E-state index contributed by atoms with van der Waals surface area (Å²) in [7, 11) is 0. The van der Waals surface area contributed by atoms with Gasteiger partial charge >= 0.3 is 6.18 Å². The minimum atomic E-state index is -4.38. The van der Waals surface area contributed by atoms with Crippen LogP contribution in [0.4, 0.5) is 13.2 Å². The van der Waals surface area contributed by atoms with Crippen LogP contribution < -0.4 is 5.32 Å². The van der Waals surface area contributed by atoms with Gasteiger partial charge in [-0.1, -0.05) is 0 Å². The van der Waals surface area contributed by atoms with Crippen molar-refractivity contribution in [2.24, 2.45) is 11.3 Å². The SMILES string of the molecule is O=C(NCc1ccc(C(F)(F)F)cn1)C12CCC(CC1)CC2. The van der Waals surface area contributed by atoms with Crippen LogP contribution in [0.25, 0.3) is 0 Å². The lowest BCUT2D eigenvalue weighted by Gasteiger charge is -2.45. The van der Waals surface area contributed by atoms with Gasteiger partial charge in [-0.25, -0.2) is 0 Å². The van der Waals surface area contributed by atoms with E-state index in [9.17, 15) is 18.0 Å². The van der Waals surface area contributed by atoms with Gasteiger partial charge in [0.05, 0.1) is 17.8 Å². The van der Waals surface area contributed by atoms with E-state index < -0.39 is 11.7 Å². The molecule has 3 fully saturated rings. The normalized spacial score (nSPS) is 27.7. The summed E-state index contributed by atoms with van der Waals surface area (Å²) < 4.78 is 37.4. The molecule has 1 heterocycles. The van der Waals surface area contributed by atoms with Crippen molar-refractivity contribution < 1.29 is 18.0 Å². The first-order chi connectivity index (χ1) is 10.4. The van der Waals surface area contributed by atoms with Gasteiger partial charge in [0, 0.05) is 11.6 Å². The van der Waals surface area contributed by atoms with Crippen molar-refractivity contribution in [3.63, 3.8) is 0 Å². The summed E-state index contributed by atoms with van der Waals surface area (Å²) >= 11 is 0. The number of amides is 1. The van der Waals surface area contributed by atoms with Crippen LogP contribution >= 0.6 is 0 Å². The quantitative estimate of drug-likeness (QED) is 0.925. The van der Waals surface area contributed by atoms with Crippen LogP contribution in [0.5, 0.6) is 0 Å². The maximum Gasteiger partial charge on any atom is 0.417 e. The van der Waals surface area contributed by atoms with Crippen molar-refractivity contribution in [1.29, 1.82) is 0 Å². The molecule has 1 aromatic rings. The van der Waals surface area contributed by atoms with Crippen LogP contribution in [0.15, 0.2) is 18.3 Å². The lowest BCUT2D eigenvalue weighted by atomic mass is 9.60. The number of fused-ring (bicyclic) bond motifs is 3. The summed E-state index contributed by atoms with van der Waals surface area (Å²) in [5, 5.41) is 2.86. The molecule has 0 aromatic carbocycles. The minimum absolute atomic E-state index is 0.0346. The fraction of sp³-hybridized carbons (Fsp3) is 0.625. The molecular weight excluding hydrogens is 293 g/mol. The van der Waals surface area contributed by atoms with Gasteiger partial charge < -0.3 is 5.32 Å². The Kier molecular flexibility index (Phi) is 3.87. The molecule has 3 saturated carbocycles. The number of hydrogen-bond donors (Lipinski definition) is 1. The highest BCUT2D eigenvalue weighted by Crippen LogP contribution is 2.50. The van der Waals surface area contributed by atoms with E-state index >= 15 is 0 Å². The first kappa shape index (κ1) is 15.3. The molecule has 0 atom stereocenters. The molecule has 22 heavy (non-hydrogen) atoms. The Balaban J connectivity index is 1.59. The second kappa shape index (κ2) is 5.56. The van der Waals surface area contributed by atoms with Crippen LogP contribution in [0.1, 0.15) is 49.8 Å². The minimum Gasteiger partial charge on any atom is -0.350 e. The van der Waals surface area contributed by atoms with Crippen LogP contribution in [0.2, 0.25) is 0 Å². The fourth-order valence-electron chi connectivity index (χ4n) is 3.64. The summed E-state index contributed by atoms with van der Waals surface area (Å²) in [4.78, 5) is 16.2. The van der Waals surface area contributed by atoms with Crippen molar-refractivity contribution in [1.82, 2.24) is 10.3 Å². The molecule has 6 heteroatoms. The predicted octanol–water partition coefficient (Wildman–Crippen LogP) is 3.69. The van der Waals surface area contributed by atoms with Gasteiger partial charge in [0.1, 0.15) is 0 Å². The van der Waals surface area contributed by atoms with E-state index in [0.29, 0.717) is 5.69 Å². The van der Waals surface area contributed by atoms with Crippen molar-refractivity contribution in [2.75, 3.05) is 0 Å². The number of carbonyl (C=O) groups excluding carboxylic acids is 1. The number of rotatable bonds is 3. The molecule has 0 radical (unpaired) electrons. The summed E-state index contributed by atoms with van der Waals surface area (Å²) in [5.41, 5.74) is -0.574. The number of nitrogens with one attached hydrogen (secondary N) is 1. The molecule has 3 nitrogen and oxygen atoms in total. The molecule has 0 aliphatic heterocycles. The van der Waals surface area contributed by atoms with E-state index in [1.54, 1.807) is 0 Å². The third-order valence-corrected chi connectivity index (χ3v) is 5.16. The van der Waals surface area contributed by atoms with Gasteiger partial charge in [-0.05, 0) is 56.6 Å². The lowest BCUT2D eigenvalue weighted by molar-refractivity contribution is -0.138. The van der Waals surface area contributed by atoms with Crippen LogP contribution in [-0.2, 0) is 17.5 Å². The molecule has 1 amide bonds. The number of hydrogen-bond acceptors (Lipinski definition) is 2. The number of nitrogens with zero attached hydrogens (tertiary/aromatic N) is 1. The van der Waals surface area contributed by atoms with Crippen molar-refractivity contribution in [3.8, 4) is 0 Å². The van der Waals surface area contributed by atoms with E-state index in [4.69, 9.17) is 0 Å². The molecule has 1 N–H and O–H groups in total. The Morgan fingerprint density at radius 1 is 1.23 bits per heavy atom. The average Bonchev–Trinajstić information content (AvgIpc) is 2.54. The third kappa shape index (κ3) is 2.96. The average molecular weight is 312 g/mol. The highest BCUT2D eigenvalue weighted by Gasteiger charge is 2.45. The molecule has 0 spiro atoms. The van der Waals surface area contributed by atoms with E-state index in [2.05, 4.69) is 10.3 Å². The van der Waals surface area contributed by atoms with E-state index in [1.807, 2.05) is 0 Å². The van der Waals surface area contributed by atoms with Crippen molar-refractivity contribution >= 4 is 5.91 Å². The molecule has 3 aliphatic carbocycles. The fourth-order valence-corrected chi connectivity index (χ4v) is 3.64. The van der Waals surface area contributed by atoms with Gasteiger partial charge in [-0.15, -0.1) is 0 Å². The highest BCUT2D eigenvalue weighted by atomic mass is 19.4. The summed E-state index contributed by atoms with van der Waals surface area (Å²) in [6.07, 6.45) is 2.59. The van der Waals surface area contributed by atoms with E-state index in [-0.39, 0.29) is 17.9 Å². The maximum absolute atomic E-state index is 12.5. The molecule has 0 unspecified atom stereocenters. The monoisotopic (exact) mass is 312 g/mol. The Morgan fingerprint density at radius 3 is 2.36 bits per heavy atom. The third-order valence-electron chi connectivity index (χ3n) is 5.16. The second-order valence-corrected chi connectivity index (χ2v) is 6.48. The van der Waals surface area contributed by atoms with Gasteiger partial charge in [-0.3, -0.25) is 9.78 Å². The smallest absolute Gasteiger partial charge is 0.350 e. The van der Waals surface area contributed by atoms with E-state index in [0.717, 1.165) is 56.7 Å². The second-order valence-electron chi connectivity index (χ2n) is 6.48. The first-order valence-corrected chi connectivity index (χ1v) is 7.69. The van der Waals surface area contributed by atoms with Gasteiger partial charge in [-0.2, -0.15) is 13.2 Å². The molecule has 2 bridgehead atoms. The summed E-state index contributed by atoms with van der Waals surface area (Å²) in [6, 6.07) is 2.32. The zero-order chi connectivity index (χ0) is 15.8. The van der Waals surface area contributed by atoms with E-state index in [1.165, 1.54) is 6.07 Å². The maximum atomic E-state index is 12.5. The van der Waals surface area contributed by atoms with Crippen LogP contribution in [-0.4, -0.2) is 10.9 Å². The topological polar surface area (TPSA) is 42.0 Å². The Morgan fingerprint density at radius 2 is 1.86 bits per heavy atom. The molecule has 1 aromatic heterocycles. The number of halogens is 3. The molecular formula is C16H19F3N2O. The molecule has 0 saturated heterocycles. The Labute approximate surface area is 127 Å². The molecule has 3 aliphatic rings. The summed E-state index contributed by atoms with van der Waals surface area (Å²) in [5.74, 6) is 0.818. The van der Waals surface area contributed by atoms with Gasteiger partial charge in [0.2, 0.25) is 5.91 Å².